The first-order valence-electron chi connectivity index (χ1n) is 11.5. The van der Waals surface area contributed by atoms with Gasteiger partial charge in [0.15, 0.2) is 0 Å². The van der Waals surface area contributed by atoms with Crippen LogP contribution >= 0.6 is 0 Å². The van der Waals surface area contributed by atoms with Crippen molar-refractivity contribution in [3.63, 3.8) is 0 Å². The molecule has 2 aromatic carbocycles. The van der Waals surface area contributed by atoms with Gasteiger partial charge in [0.05, 0.1) is 6.54 Å². The van der Waals surface area contributed by atoms with Crippen LogP contribution < -0.4 is 5.32 Å². The van der Waals surface area contributed by atoms with Gasteiger partial charge in [-0.15, -0.1) is 0 Å². The molecule has 0 aromatic heterocycles. The normalized spacial score (nSPS) is 18.6. The van der Waals surface area contributed by atoms with Gasteiger partial charge in [-0.2, -0.15) is 0 Å². The number of rotatable bonds is 7. The van der Waals surface area contributed by atoms with Crippen LogP contribution in [0, 0.1) is 5.41 Å². The second-order valence-electron chi connectivity index (χ2n) is 9.73. The topological polar surface area (TPSA) is 95.9 Å². The Kier molecular flexibility index (Phi) is 6.53. The van der Waals surface area contributed by atoms with Crippen LogP contribution in [0.2, 0.25) is 0 Å². The van der Waals surface area contributed by atoms with Crippen LogP contribution in [0.25, 0.3) is 11.1 Å². The summed E-state index contributed by atoms with van der Waals surface area (Å²) in [5.74, 6) is -5.47. The maximum atomic E-state index is 13.8. The molecule has 1 atom stereocenters. The minimum Gasteiger partial charge on any atom is -0.480 e. The van der Waals surface area contributed by atoms with Crippen molar-refractivity contribution in [2.45, 2.75) is 44.6 Å². The van der Waals surface area contributed by atoms with Crippen LogP contribution in [0.5, 0.6) is 0 Å². The zero-order chi connectivity index (χ0) is 25.4. The van der Waals surface area contributed by atoms with E-state index in [9.17, 15) is 28.3 Å². The Hall–Kier alpha value is -3.49. The Bertz CT molecular complexity index is 1100. The SMILES string of the molecule is CC(C)(CCNC(=O)OCC1c2ccccc2-c2ccccc21)C(=O)N1CC(F)(F)CC1C(=O)O. The number of halogens is 2. The zero-order valence-electron chi connectivity index (χ0n) is 19.6. The van der Waals surface area contributed by atoms with E-state index in [1.54, 1.807) is 13.8 Å². The van der Waals surface area contributed by atoms with E-state index in [0.717, 1.165) is 27.2 Å². The number of benzene rings is 2. The lowest BCUT2D eigenvalue weighted by atomic mass is 9.87. The number of carboxylic acids is 1. The molecule has 2 N–H and O–H groups in total. The summed E-state index contributed by atoms with van der Waals surface area (Å²) in [6.07, 6.45) is -1.42. The molecule has 0 radical (unpaired) electrons. The predicted molar refractivity (Wildman–Crippen MR) is 124 cm³/mol. The highest BCUT2D eigenvalue weighted by molar-refractivity contribution is 5.88. The Labute approximate surface area is 202 Å². The number of carboxylic acid groups (broad SMARTS) is 1. The summed E-state index contributed by atoms with van der Waals surface area (Å²) in [5.41, 5.74) is 3.26. The number of amides is 2. The van der Waals surface area contributed by atoms with Crippen molar-refractivity contribution in [2.24, 2.45) is 5.41 Å². The molecule has 4 rings (SSSR count). The first kappa shape index (κ1) is 24.6. The van der Waals surface area contributed by atoms with E-state index in [2.05, 4.69) is 5.32 Å². The molecular formula is C26H28F2N2O5. The van der Waals surface area contributed by atoms with Gasteiger partial charge < -0.3 is 20.1 Å². The molecule has 1 aliphatic heterocycles. The number of alkyl halides is 2. The van der Waals surface area contributed by atoms with Crippen molar-refractivity contribution in [1.82, 2.24) is 10.2 Å². The van der Waals surface area contributed by atoms with Crippen molar-refractivity contribution in [1.29, 1.82) is 0 Å². The van der Waals surface area contributed by atoms with Gasteiger partial charge in [-0.1, -0.05) is 62.4 Å². The van der Waals surface area contributed by atoms with Gasteiger partial charge in [0, 0.05) is 24.3 Å². The van der Waals surface area contributed by atoms with Gasteiger partial charge in [-0.3, -0.25) is 4.79 Å². The number of alkyl carbamates (subject to hydrolysis) is 1. The largest absolute Gasteiger partial charge is 0.480 e. The van der Waals surface area contributed by atoms with Crippen LogP contribution in [0.3, 0.4) is 0 Å². The smallest absolute Gasteiger partial charge is 0.407 e. The molecule has 0 bridgehead atoms. The van der Waals surface area contributed by atoms with Crippen LogP contribution in [0.15, 0.2) is 48.5 Å². The number of nitrogens with one attached hydrogen (secondary N) is 1. The zero-order valence-corrected chi connectivity index (χ0v) is 19.6. The minimum absolute atomic E-state index is 0.0669. The fourth-order valence-corrected chi connectivity index (χ4v) is 4.87. The van der Waals surface area contributed by atoms with Crippen molar-refractivity contribution >= 4 is 18.0 Å². The molecule has 0 saturated carbocycles. The molecule has 186 valence electrons. The molecule has 1 aliphatic carbocycles. The molecule has 1 heterocycles. The third-order valence-electron chi connectivity index (χ3n) is 6.76. The van der Waals surface area contributed by atoms with E-state index in [1.165, 1.54) is 0 Å². The molecular weight excluding hydrogens is 458 g/mol. The van der Waals surface area contributed by atoms with Crippen molar-refractivity contribution in [3.8, 4) is 11.1 Å². The second-order valence-corrected chi connectivity index (χ2v) is 9.73. The van der Waals surface area contributed by atoms with E-state index in [1.807, 2.05) is 48.5 Å². The minimum atomic E-state index is -3.24. The lowest BCUT2D eigenvalue weighted by Crippen LogP contribution is -2.47. The van der Waals surface area contributed by atoms with Crippen molar-refractivity contribution in [3.05, 3.63) is 59.7 Å². The highest BCUT2D eigenvalue weighted by Gasteiger charge is 2.52. The third-order valence-corrected chi connectivity index (χ3v) is 6.76. The van der Waals surface area contributed by atoms with E-state index < -0.39 is 48.3 Å². The highest BCUT2D eigenvalue weighted by atomic mass is 19.3. The summed E-state index contributed by atoms with van der Waals surface area (Å²) in [6, 6.07) is 14.4. The van der Waals surface area contributed by atoms with E-state index in [0.29, 0.717) is 0 Å². The maximum absolute atomic E-state index is 13.8. The Morgan fingerprint density at radius 2 is 1.66 bits per heavy atom. The Balaban J connectivity index is 1.31. The highest BCUT2D eigenvalue weighted by Crippen LogP contribution is 2.44. The number of ether oxygens (including phenoxy) is 1. The summed E-state index contributed by atoms with van der Waals surface area (Å²) in [7, 11) is 0. The molecule has 2 aromatic rings. The first-order valence-corrected chi connectivity index (χ1v) is 11.5. The van der Waals surface area contributed by atoms with E-state index in [-0.39, 0.29) is 25.5 Å². The van der Waals surface area contributed by atoms with Gasteiger partial charge >= 0.3 is 12.1 Å². The molecule has 1 fully saturated rings. The van der Waals surface area contributed by atoms with Crippen molar-refractivity contribution < 1.29 is 33.0 Å². The standard InChI is InChI=1S/C26H28F2N2O5/c1-25(2,23(33)30-15-26(27,28)13-21(30)22(31)32)11-12-29-24(34)35-14-20-18-9-5-3-7-16(18)17-8-4-6-10-19(17)20/h3-10,20-21H,11-15H2,1-2H3,(H,29,34)(H,31,32). The molecule has 1 saturated heterocycles. The summed E-state index contributed by atoms with van der Waals surface area (Å²) >= 11 is 0. The fourth-order valence-electron chi connectivity index (χ4n) is 4.87. The van der Waals surface area contributed by atoms with Crippen molar-refractivity contribution in [2.75, 3.05) is 19.7 Å². The number of hydrogen-bond donors (Lipinski definition) is 2. The third kappa shape index (κ3) is 4.99. The molecule has 0 spiro atoms. The number of fused-ring (bicyclic) bond motifs is 3. The van der Waals surface area contributed by atoms with Gasteiger partial charge in [0.1, 0.15) is 12.6 Å². The van der Waals surface area contributed by atoms with Crippen LogP contribution in [-0.4, -0.2) is 59.6 Å². The number of nitrogens with zero attached hydrogens (tertiary/aromatic N) is 1. The summed E-state index contributed by atoms with van der Waals surface area (Å²) in [6.45, 7) is 2.38. The fraction of sp³-hybridized carbons (Fsp3) is 0.423. The Morgan fingerprint density at radius 3 is 2.23 bits per heavy atom. The molecule has 35 heavy (non-hydrogen) atoms. The summed E-state index contributed by atoms with van der Waals surface area (Å²) in [4.78, 5) is 37.3. The average Bonchev–Trinajstić information content (AvgIpc) is 3.31. The predicted octanol–water partition coefficient (Wildman–Crippen LogP) is 4.26. The van der Waals surface area contributed by atoms with Gasteiger partial charge in [-0.05, 0) is 28.7 Å². The summed E-state index contributed by atoms with van der Waals surface area (Å²) < 4.78 is 33.0. The van der Waals surface area contributed by atoms with Crippen LogP contribution in [0.1, 0.15) is 43.7 Å². The number of hydrogen-bond acceptors (Lipinski definition) is 4. The lowest BCUT2D eigenvalue weighted by molar-refractivity contribution is -0.152. The van der Waals surface area contributed by atoms with Crippen LogP contribution in [0.4, 0.5) is 13.6 Å². The van der Waals surface area contributed by atoms with Crippen LogP contribution in [-0.2, 0) is 14.3 Å². The monoisotopic (exact) mass is 486 g/mol. The first-order chi connectivity index (χ1) is 16.5. The molecule has 9 heteroatoms. The van der Waals surface area contributed by atoms with E-state index in [4.69, 9.17) is 4.74 Å². The number of likely N-dealkylation sites (tertiary alicyclic amines) is 1. The second kappa shape index (κ2) is 9.28. The summed E-state index contributed by atoms with van der Waals surface area (Å²) in [5, 5.41) is 11.9. The maximum Gasteiger partial charge on any atom is 0.407 e. The van der Waals surface area contributed by atoms with Gasteiger partial charge in [-0.25, -0.2) is 18.4 Å². The van der Waals surface area contributed by atoms with Gasteiger partial charge in [0.25, 0.3) is 5.92 Å². The van der Waals surface area contributed by atoms with Gasteiger partial charge in [0.2, 0.25) is 5.91 Å². The number of carbonyl (C=O) groups excluding carboxylic acids is 2. The number of aliphatic carboxylic acids is 1. The molecule has 2 aliphatic rings. The number of carbonyl (C=O) groups is 3. The Morgan fingerprint density at radius 1 is 1.09 bits per heavy atom. The molecule has 2 amide bonds. The van der Waals surface area contributed by atoms with E-state index >= 15 is 0 Å². The lowest BCUT2D eigenvalue weighted by Gasteiger charge is -2.31. The molecule has 7 nitrogen and oxygen atoms in total. The molecule has 1 unspecified atom stereocenters. The quantitative estimate of drug-likeness (QED) is 0.610. The average molecular weight is 487 g/mol.